The molecule has 1 unspecified atom stereocenters. The third kappa shape index (κ3) is 2.67. The van der Waals surface area contributed by atoms with Crippen molar-refractivity contribution in [3.05, 3.63) is 29.8 Å². The van der Waals surface area contributed by atoms with Gasteiger partial charge in [0, 0.05) is 19.9 Å². The number of rotatable bonds is 3. The fourth-order valence-electron chi connectivity index (χ4n) is 2.01. The number of carbonyl (C=O) groups is 2. The van der Waals surface area contributed by atoms with Gasteiger partial charge in [-0.05, 0) is 19.1 Å². The van der Waals surface area contributed by atoms with Crippen LogP contribution >= 0.6 is 0 Å². The van der Waals surface area contributed by atoms with Crippen molar-refractivity contribution in [3.8, 4) is 0 Å². The lowest BCUT2D eigenvalue weighted by Gasteiger charge is -2.17. The molecule has 1 aliphatic rings. The molecule has 1 fully saturated rings. The maximum absolute atomic E-state index is 12.4. The van der Waals surface area contributed by atoms with Gasteiger partial charge in [0.2, 0.25) is 0 Å². The lowest BCUT2D eigenvalue weighted by atomic mass is 10.2. The molecule has 0 aliphatic carbocycles. The van der Waals surface area contributed by atoms with Crippen LogP contribution in [0.2, 0.25) is 0 Å². The van der Waals surface area contributed by atoms with E-state index < -0.39 is 28.0 Å². The van der Waals surface area contributed by atoms with Gasteiger partial charge in [0.1, 0.15) is 0 Å². The van der Waals surface area contributed by atoms with E-state index in [9.17, 15) is 18.0 Å². The number of sulfonamides is 1. The number of nitrogens with zero attached hydrogens (tertiary/aromatic N) is 1. The fraction of sp³-hybridized carbons (Fsp3) is 0.385. The van der Waals surface area contributed by atoms with Crippen molar-refractivity contribution < 1.29 is 22.7 Å². The van der Waals surface area contributed by atoms with Gasteiger partial charge in [-0.3, -0.25) is 9.59 Å². The van der Waals surface area contributed by atoms with E-state index in [1.165, 1.54) is 19.1 Å². The lowest BCUT2D eigenvalue weighted by Crippen LogP contribution is -2.36. The zero-order valence-electron chi connectivity index (χ0n) is 11.2. The summed E-state index contributed by atoms with van der Waals surface area (Å²) in [6.45, 7) is 3.05. The van der Waals surface area contributed by atoms with Gasteiger partial charge >= 0.3 is 5.97 Å². The molecule has 0 bridgehead atoms. The van der Waals surface area contributed by atoms with E-state index >= 15 is 0 Å². The predicted octanol–water partition coefficient (Wildman–Crippen LogP) is 0.848. The third-order valence-electron chi connectivity index (χ3n) is 3.03. The molecule has 20 heavy (non-hydrogen) atoms. The van der Waals surface area contributed by atoms with Crippen molar-refractivity contribution in [3.63, 3.8) is 0 Å². The maximum Gasteiger partial charge on any atom is 0.303 e. The van der Waals surface area contributed by atoms with Crippen molar-refractivity contribution in [1.82, 2.24) is 4.31 Å². The third-order valence-corrected chi connectivity index (χ3v) is 4.84. The Kier molecular flexibility index (Phi) is 3.80. The molecule has 1 saturated heterocycles. The molecule has 6 nitrogen and oxygen atoms in total. The van der Waals surface area contributed by atoms with E-state index in [1.807, 2.05) is 6.92 Å². The molecule has 1 aliphatic heterocycles. The molecule has 0 N–H and O–H groups in total. The van der Waals surface area contributed by atoms with Gasteiger partial charge in [0.05, 0.1) is 4.90 Å². The van der Waals surface area contributed by atoms with Crippen LogP contribution in [0.15, 0.2) is 29.2 Å². The van der Waals surface area contributed by atoms with Gasteiger partial charge in [0.25, 0.3) is 15.9 Å². The van der Waals surface area contributed by atoms with E-state index in [2.05, 4.69) is 0 Å². The second kappa shape index (κ2) is 5.24. The van der Waals surface area contributed by atoms with Crippen LogP contribution in [0.1, 0.15) is 18.9 Å². The molecule has 108 valence electrons. The molecular formula is C13H15NO5S. The standard InChI is InChI=1S/C13H15NO5S/c1-9-3-5-11(6-4-9)20(17,18)14-8-7-12(13(14)16)19-10(2)15/h3-6,12H,7-8H2,1-2H3. The van der Waals surface area contributed by atoms with Gasteiger partial charge in [-0.15, -0.1) is 0 Å². The summed E-state index contributed by atoms with van der Waals surface area (Å²) in [6, 6.07) is 6.24. The molecule has 1 atom stereocenters. The summed E-state index contributed by atoms with van der Waals surface area (Å²) in [7, 11) is -3.88. The van der Waals surface area contributed by atoms with Crippen LogP contribution in [0, 0.1) is 6.92 Å². The Hall–Kier alpha value is -1.89. The van der Waals surface area contributed by atoms with Crippen LogP contribution in [0.4, 0.5) is 0 Å². The highest BCUT2D eigenvalue weighted by Crippen LogP contribution is 2.24. The molecule has 0 spiro atoms. The summed E-state index contributed by atoms with van der Waals surface area (Å²) in [5.74, 6) is -1.29. The Bertz CT molecular complexity index is 635. The quantitative estimate of drug-likeness (QED) is 0.773. The maximum atomic E-state index is 12.4. The van der Waals surface area contributed by atoms with Crippen molar-refractivity contribution in [1.29, 1.82) is 0 Å². The van der Waals surface area contributed by atoms with Crippen molar-refractivity contribution in [2.75, 3.05) is 6.54 Å². The summed E-state index contributed by atoms with van der Waals surface area (Å²) < 4.78 is 30.3. The summed E-state index contributed by atoms with van der Waals surface area (Å²) in [5.41, 5.74) is 0.925. The van der Waals surface area contributed by atoms with Crippen LogP contribution in [0.25, 0.3) is 0 Å². The van der Waals surface area contributed by atoms with Crippen LogP contribution in [-0.2, 0) is 24.3 Å². The molecule has 0 radical (unpaired) electrons. The number of ether oxygens (including phenoxy) is 1. The fourth-order valence-corrected chi connectivity index (χ4v) is 3.45. The highest BCUT2D eigenvalue weighted by molar-refractivity contribution is 7.89. The number of benzene rings is 1. The normalized spacial score (nSPS) is 19.2. The minimum Gasteiger partial charge on any atom is -0.452 e. The summed E-state index contributed by atoms with van der Waals surface area (Å²) in [6.07, 6.45) is -0.823. The average molecular weight is 297 g/mol. The molecule has 7 heteroatoms. The smallest absolute Gasteiger partial charge is 0.303 e. The first-order valence-electron chi connectivity index (χ1n) is 6.13. The van der Waals surface area contributed by atoms with Gasteiger partial charge < -0.3 is 4.74 Å². The van der Waals surface area contributed by atoms with Gasteiger partial charge in [-0.1, -0.05) is 17.7 Å². The predicted molar refractivity (Wildman–Crippen MR) is 70.2 cm³/mol. The average Bonchev–Trinajstić information content (AvgIpc) is 2.71. The molecular weight excluding hydrogens is 282 g/mol. The van der Waals surface area contributed by atoms with Crippen molar-refractivity contribution in [2.24, 2.45) is 0 Å². The summed E-state index contributed by atoms with van der Waals surface area (Å²) >= 11 is 0. The minimum atomic E-state index is -3.88. The Labute approximate surface area is 117 Å². The van der Waals surface area contributed by atoms with E-state index in [0.29, 0.717) is 0 Å². The van der Waals surface area contributed by atoms with E-state index in [1.54, 1.807) is 12.1 Å². The van der Waals surface area contributed by atoms with Gasteiger partial charge in [-0.25, -0.2) is 12.7 Å². The molecule has 1 aromatic rings. The molecule has 1 amide bonds. The highest BCUT2D eigenvalue weighted by atomic mass is 32.2. The Balaban J connectivity index is 2.25. The first-order chi connectivity index (χ1) is 9.32. The van der Waals surface area contributed by atoms with Crippen LogP contribution in [0.3, 0.4) is 0 Å². The van der Waals surface area contributed by atoms with E-state index in [4.69, 9.17) is 4.74 Å². The lowest BCUT2D eigenvalue weighted by molar-refractivity contribution is -0.153. The zero-order chi connectivity index (χ0) is 14.9. The molecule has 1 heterocycles. The van der Waals surface area contributed by atoms with Crippen LogP contribution in [0.5, 0.6) is 0 Å². The highest BCUT2D eigenvalue weighted by Gasteiger charge is 2.41. The first kappa shape index (κ1) is 14.5. The minimum absolute atomic E-state index is 0.0208. The summed E-state index contributed by atoms with van der Waals surface area (Å²) in [5, 5.41) is 0. The van der Waals surface area contributed by atoms with Gasteiger partial charge in [-0.2, -0.15) is 0 Å². The van der Waals surface area contributed by atoms with Crippen LogP contribution in [-0.4, -0.2) is 37.2 Å². The van der Waals surface area contributed by atoms with E-state index in [-0.39, 0.29) is 17.9 Å². The number of hydrogen-bond acceptors (Lipinski definition) is 5. The van der Waals surface area contributed by atoms with Crippen LogP contribution < -0.4 is 0 Å². The Morgan fingerprint density at radius 1 is 1.30 bits per heavy atom. The molecule has 0 saturated carbocycles. The van der Waals surface area contributed by atoms with Crippen molar-refractivity contribution in [2.45, 2.75) is 31.3 Å². The SMILES string of the molecule is CC(=O)OC1CCN(S(=O)(=O)c2ccc(C)cc2)C1=O. The monoisotopic (exact) mass is 297 g/mol. The zero-order valence-corrected chi connectivity index (χ0v) is 12.0. The topological polar surface area (TPSA) is 80.8 Å². The number of aryl methyl sites for hydroxylation is 1. The number of amides is 1. The Morgan fingerprint density at radius 3 is 2.45 bits per heavy atom. The number of esters is 1. The first-order valence-corrected chi connectivity index (χ1v) is 7.57. The Morgan fingerprint density at radius 2 is 1.90 bits per heavy atom. The van der Waals surface area contributed by atoms with E-state index in [0.717, 1.165) is 9.87 Å². The molecule has 0 aromatic heterocycles. The largest absolute Gasteiger partial charge is 0.452 e. The van der Waals surface area contributed by atoms with Gasteiger partial charge in [0.15, 0.2) is 6.10 Å². The second-order valence-electron chi connectivity index (χ2n) is 4.62. The number of hydrogen-bond donors (Lipinski definition) is 0. The van der Waals surface area contributed by atoms with Crippen molar-refractivity contribution >= 4 is 21.9 Å². The second-order valence-corrected chi connectivity index (χ2v) is 6.48. The summed E-state index contributed by atoms with van der Waals surface area (Å²) in [4.78, 5) is 22.9. The molecule has 2 rings (SSSR count). The number of carbonyl (C=O) groups excluding carboxylic acids is 2. The molecule has 1 aromatic carbocycles.